The van der Waals surface area contributed by atoms with Gasteiger partial charge in [0.2, 0.25) is 5.91 Å². The zero-order valence-corrected chi connectivity index (χ0v) is 24.3. The van der Waals surface area contributed by atoms with Crippen LogP contribution >= 0.6 is 0 Å². The van der Waals surface area contributed by atoms with E-state index in [0.29, 0.717) is 33.7 Å². The van der Waals surface area contributed by atoms with E-state index in [1.54, 1.807) is 59.4 Å². The Morgan fingerprint density at radius 2 is 1.82 bits per heavy atom. The standard InChI is InChI=1S/C28H34N4O7S/c1-28(39-27(35)32(5)6)16-24-21(14-23(28)18-10-11-18)20(15-25(33)31(3)4)22(26(34)38-24)13-17-8-7-9-19(12-17)30-40(36,37)29-2/h7-10,12,14,29-30H,11,13,15-16H2,1-6H3. The molecular formula is C28H34N4O7S. The van der Waals surface area contributed by atoms with Crippen molar-refractivity contribution in [1.29, 1.82) is 0 Å². The molecule has 2 aliphatic carbocycles. The molecule has 2 N–H and O–H groups in total. The highest BCUT2D eigenvalue weighted by atomic mass is 32.2. The van der Waals surface area contributed by atoms with Crippen molar-refractivity contribution in [3.05, 3.63) is 79.9 Å². The summed E-state index contributed by atoms with van der Waals surface area (Å²) in [5.74, 6) is 0.141. The monoisotopic (exact) mass is 570 g/mol. The Kier molecular flexibility index (Phi) is 7.95. The molecule has 0 fully saturated rings. The Hall–Kier alpha value is -3.90. The number of nitrogens with one attached hydrogen (secondary N) is 2. The van der Waals surface area contributed by atoms with Gasteiger partial charge in [0.15, 0.2) is 0 Å². The summed E-state index contributed by atoms with van der Waals surface area (Å²) in [6.07, 6.45) is 4.32. The lowest BCUT2D eigenvalue weighted by atomic mass is 9.79. The first-order chi connectivity index (χ1) is 18.7. The van der Waals surface area contributed by atoms with Gasteiger partial charge < -0.3 is 19.0 Å². The number of likely N-dealkylation sites (N-methyl/N-ethyl adjacent to an activating group) is 1. The van der Waals surface area contributed by atoms with Gasteiger partial charge in [-0.05, 0) is 53.8 Å². The number of carbonyl (C=O) groups excluding carboxylic acids is 2. The molecule has 1 aromatic carbocycles. The van der Waals surface area contributed by atoms with E-state index in [0.717, 1.165) is 17.6 Å². The summed E-state index contributed by atoms with van der Waals surface area (Å²) in [4.78, 5) is 41.7. The van der Waals surface area contributed by atoms with Crippen molar-refractivity contribution in [2.75, 3.05) is 40.0 Å². The molecule has 1 aromatic heterocycles. The Morgan fingerprint density at radius 1 is 1.12 bits per heavy atom. The lowest BCUT2D eigenvalue weighted by Crippen LogP contribution is -2.42. The predicted molar refractivity (Wildman–Crippen MR) is 151 cm³/mol. The first-order valence-electron chi connectivity index (χ1n) is 12.7. The second-order valence-electron chi connectivity index (χ2n) is 10.5. The van der Waals surface area contributed by atoms with E-state index in [9.17, 15) is 22.8 Å². The van der Waals surface area contributed by atoms with Crippen LogP contribution in [0.2, 0.25) is 0 Å². The molecule has 40 heavy (non-hydrogen) atoms. The number of benzene rings is 1. The van der Waals surface area contributed by atoms with Crippen molar-refractivity contribution in [3.8, 4) is 0 Å². The van der Waals surface area contributed by atoms with Gasteiger partial charge in [-0.15, -0.1) is 0 Å². The fraction of sp³-hybridized carbons (Fsp3) is 0.393. The molecule has 12 heteroatoms. The van der Waals surface area contributed by atoms with Crippen LogP contribution in [-0.4, -0.2) is 71.1 Å². The van der Waals surface area contributed by atoms with Crippen molar-refractivity contribution in [2.45, 2.75) is 38.2 Å². The van der Waals surface area contributed by atoms with Crippen molar-refractivity contribution in [1.82, 2.24) is 14.5 Å². The van der Waals surface area contributed by atoms with Crippen LogP contribution in [0.5, 0.6) is 0 Å². The van der Waals surface area contributed by atoms with E-state index in [4.69, 9.17) is 9.15 Å². The molecule has 214 valence electrons. The molecule has 1 heterocycles. The Bertz CT molecular complexity index is 1590. The zero-order valence-electron chi connectivity index (χ0n) is 23.5. The quantitative estimate of drug-likeness (QED) is 0.472. The normalized spacial score (nSPS) is 17.8. The Morgan fingerprint density at radius 3 is 2.42 bits per heavy atom. The second kappa shape index (κ2) is 10.9. The topological polar surface area (TPSA) is 138 Å². The highest BCUT2D eigenvalue weighted by molar-refractivity contribution is 7.90. The number of anilines is 1. The summed E-state index contributed by atoms with van der Waals surface area (Å²) in [6, 6.07) is 6.66. The highest BCUT2D eigenvalue weighted by Gasteiger charge is 2.43. The van der Waals surface area contributed by atoms with Crippen molar-refractivity contribution >= 4 is 34.0 Å². The first kappa shape index (κ1) is 29.1. The van der Waals surface area contributed by atoms with Crippen LogP contribution in [0.4, 0.5) is 10.5 Å². The molecule has 1 unspecified atom stereocenters. The molecular weight excluding hydrogens is 536 g/mol. The lowest BCUT2D eigenvalue weighted by molar-refractivity contribution is -0.127. The molecule has 2 amide bonds. The van der Waals surface area contributed by atoms with Gasteiger partial charge >= 0.3 is 11.7 Å². The van der Waals surface area contributed by atoms with Gasteiger partial charge in [0.25, 0.3) is 10.2 Å². The second-order valence-corrected chi connectivity index (χ2v) is 12.1. The maximum atomic E-state index is 13.4. The fourth-order valence-electron chi connectivity index (χ4n) is 4.60. The third kappa shape index (κ3) is 6.28. The molecule has 11 nitrogen and oxygen atoms in total. The van der Waals surface area contributed by atoms with Crippen LogP contribution in [0.25, 0.3) is 6.08 Å². The van der Waals surface area contributed by atoms with Gasteiger partial charge in [-0.2, -0.15) is 8.42 Å². The summed E-state index contributed by atoms with van der Waals surface area (Å²) in [7, 11) is 4.04. The van der Waals surface area contributed by atoms with Gasteiger partial charge in [0.05, 0.1) is 18.5 Å². The van der Waals surface area contributed by atoms with Crippen LogP contribution in [0, 0.1) is 0 Å². The van der Waals surface area contributed by atoms with Crippen LogP contribution in [0.15, 0.2) is 50.7 Å². The lowest BCUT2D eigenvalue weighted by Gasteiger charge is -2.36. The van der Waals surface area contributed by atoms with Gasteiger partial charge in [-0.3, -0.25) is 9.52 Å². The minimum absolute atomic E-state index is 0.0423. The van der Waals surface area contributed by atoms with Crippen LogP contribution in [-0.2, 0) is 39.0 Å². The predicted octanol–water partition coefficient (Wildman–Crippen LogP) is 2.46. The first-order valence-corrected chi connectivity index (χ1v) is 14.2. The molecule has 0 saturated heterocycles. The highest BCUT2D eigenvalue weighted by Crippen LogP contribution is 2.44. The largest absolute Gasteiger partial charge is 0.438 e. The number of rotatable bonds is 9. The Balaban J connectivity index is 1.83. The number of allylic oxidation sites excluding steroid dienone is 1. The number of ether oxygens (including phenoxy) is 1. The van der Waals surface area contributed by atoms with Crippen molar-refractivity contribution < 1.29 is 27.2 Å². The molecule has 1 atom stereocenters. The Labute approximate surface area is 233 Å². The smallest absolute Gasteiger partial charge is 0.410 e. The molecule has 4 rings (SSSR count). The van der Waals surface area contributed by atoms with Gasteiger partial charge in [0, 0.05) is 52.8 Å². The third-order valence-electron chi connectivity index (χ3n) is 6.90. The van der Waals surface area contributed by atoms with Gasteiger partial charge in [0.1, 0.15) is 11.4 Å². The molecule has 0 saturated carbocycles. The van der Waals surface area contributed by atoms with E-state index in [-0.39, 0.29) is 25.2 Å². The fourth-order valence-corrected chi connectivity index (χ4v) is 5.14. The summed E-state index contributed by atoms with van der Waals surface area (Å²) in [6.45, 7) is 1.79. The van der Waals surface area contributed by atoms with Gasteiger partial charge in [-0.1, -0.05) is 18.2 Å². The summed E-state index contributed by atoms with van der Waals surface area (Å²) in [5, 5.41) is 0. The maximum Gasteiger partial charge on any atom is 0.410 e. The number of carbonyl (C=O) groups is 2. The van der Waals surface area contributed by atoms with Crippen LogP contribution in [0.3, 0.4) is 0 Å². The summed E-state index contributed by atoms with van der Waals surface area (Å²) in [5.41, 5.74) is 2.60. The van der Waals surface area contributed by atoms with E-state index >= 15 is 0 Å². The van der Waals surface area contributed by atoms with Crippen LogP contribution in [0.1, 0.15) is 41.4 Å². The molecule has 0 radical (unpaired) electrons. The SMILES string of the molecule is CNS(=O)(=O)Nc1cccc(Cc2c(CC(=O)N(C)C)c3c(oc2=O)CC(C)(OC(=O)N(C)C)C(C2=CC2)=C3)c1. The van der Waals surface area contributed by atoms with E-state index in [2.05, 4.69) is 9.44 Å². The molecule has 0 spiro atoms. The van der Waals surface area contributed by atoms with E-state index in [1.807, 2.05) is 12.2 Å². The van der Waals surface area contributed by atoms with Crippen molar-refractivity contribution in [3.63, 3.8) is 0 Å². The average molecular weight is 571 g/mol. The van der Waals surface area contributed by atoms with Crippen LogP contribution < -0.4 is 15.1 Å². The third-order valence-corrected chi connectivity index (χ3v) is 7.94. The number of amides is 2. The number of fused-ring (bicyclic) bond motifs is 1. The number of hydrogen-bond donors (Lipinski definition) is 2. The van der Waals surface area contributed by atoms with E-state index < -0.39 is 27.5 Å². The average Bonchev–Trinajstić information content (AvgIpc) is 3.70. The van der Waals surface area contributed by atoms with Crippen molar-refractivity contribution in [2.24, 2.45) is 0 Å². The maximum absolute atomic E-state index is 13.4. The minimum Gasteiger partial charge on any atom is -0.438 e. The van der Waals surface area contributed by atoms with Gasteiger partial charge in [-0.25, -0.2) is 14.3 Å². The van der Waals surface area contributed by atoms with E-state index in [1.165, 1.54) is 16.8 Å². The minimum atomic E-state index is -3.73. The molecule has 0 aliphatic heterocycles. The number of nitrogens with zero attached hydrogens (tertiary/aromatic N) is 2. The summed E-state index contributed by atoms with van der Waals surface area (Å²) < 4.78 is 40.2. The molecule has 2 aliphatic rings. The number of hydrogen-bond acceptors (Lipinski definition) is 7. The molecule has 0 bridgehead atoms. The molecule has 2 aromatic rings. The zero-order chi connectivity index (χ0) is 29.4. The summed E-state index contributed by atoms with van der Waals surface area (Å²) >= 11 is 0.